The Bertz CT molecular complexity index is 956. The Hall–Kier alpha value is -2.61. The van der Waals surface area contributed by atoms with E-state index in [1.165, 1.54) is 25.9 Å². The van der Waals surface area contributed by atoms with Crippen LogP contribution in [0.5, 0.6) is 0 Å². The van der Waals surface area contributed by atoms with Gasteiger partial charge in [-0.1, -0.05) is 79.2 Å². The number of ether oxygens (including phenoxy) is 3. The number of carbonyl (C=O) groups excluding carboxylic acids is 2. The summed E-state index contributed by atoms with van der Waals surface area (Å²) < 4.78 is 18.1. The van der Waals surface area contributed by atoms with Crippen LogP contribution in [0, 0.1) is 0 Å². The van der Waals surface area contributed by atoms with Crippen molar-refractivity contribution in [3.63, 3.8) is 0 Å². The summed E-state index contributed by atoms with van der Waals surface area (Å²) in [6, 6.07) is 18.4. The molecule has 0 amide bonds. The molecule has 0 aromatic heterocycles. The van der Waals surface area contributed by atoms with Gasteiger partial charge in [0.25, 0.3) is 5.60 Å². The average Bonchev–Trinajstić information content (AvgIpc) is 3.42. The van der Waals surface area contributed by atoms with Crippen LogP contribution in [0.25, 0.3) is 0 Å². The van der Waals surface area contributed by atoms with Gasteiger partial charge in [-0.15, -0.1) is 0 Å². The predicted molar refractivity (Wildman–Crippen MR) is 142 cm³/mol. The maximum atomic E-state index is 14.1. The van der Waals surface area contributed by atoms with E-state index in [4.69, 9.17) is 30.9 Å². The molecule has 2 heterocycles. The topological polar surface area (TPSA) is 82.1 Å². The lowest BCUT2D eigenvalue weighted by atomic mass is 9.85. The Morgan fingerprint density at radius 2 is 1.51 bits per heavy atom. The summed E-state index contributed by atoms with van der Waals surface area (Å²) in [5.41, 5.74) is -0.836. The standard InChI is InChI=1S/C28H35ClNO5.CH4O/c1-3-24-19-25(18-21(2)30(24)16-10-11-17-30)34-26(31)28(35-27(32)33-20-29,22-12-6-4-7-13-22)23-14-8-5-9-15-23;1-2/h4-9,12-15,21,24-25H,3,10-11,16-20H2,1-2H3;2H,1H3/q+1;. The van der Waals surface area contributed by atoms with Crippen LogP contribution in [0.1, 0.15) is 57.1 Å². The fourth-order valence-electron chi connectivity index (χ4n) is 6.26. The normalized spacial score (nSPS) is 22.5. The average molecular weight is 533 g/mol. The Kier molecular flexibility index (Phi) is 10.4. The molecular formula is C29H39ClNO6+. The van der Waals surface area contributed by atoms with Crippen LogP contribution in [-0.2, 0) is 24.6 Å². The highest BCUT2D eigenvalue weighted by Gasteiger charge is 2.53. The Morgan fingerprint density at radius 3 is 2.00 bits per heavy atom. The maximum Gasteiger partial charge on any atom is 0.511 e. The molecule has 2 aliphatic rings. The van der Waals surface area contributed by atoms with E-state index >= 15 is 0 Å². The number of aliphatic hydroxyl groups is 1. The van der Waals surface area contributed by atoms with Gasteiger partial charge in [0.2, 0.25) is 0 Å². The number of nitrogens with zero attached hydrogens (tertiary/aromatic N) is 1. The molecule has 2 aromatic carbocycles. The third-order valence-electron chi connectivity index (χ3n) is 7.94. The van der Waals surface area contributed by atoms with Crippen molar-refractivity contribution < 1.29 is 33.4 Å². The minimum absolute atomic E-state index is 0.258. The molecule has 2 fully saturated rings. The van der Waals surface area contributed by atoms with Crippen LogP contribution in [0.15, 0.2) is 60.7 Å². The van der Waals surface area contributed by atoms with Crippen LogP contribution < -0.4 is 0 Å². The summed E-state index contributed by atoms with van der Waals surface area (Å²) in [4.78, 5) is 26.7. The van der Waals surface area contributed by atoms with Crippen LogP contribution in [-0.4, -0.2) is 66.2 Å². The Morgan fingerprint density at radius 1 is 0.973 bits per heavy atom. The van der Waals surface area contributed by atoms with E-state index in [0.29, 0.717) is 23.2 Å². The zero-order valence-electron chi connectivity index (χ0n) is 22.0. The number of piperidine rings is 1. The minimum Gasteiger partial charge on any atom is -0.458 e. The quantitative estimate of drug-likeness (QED) is 0.293. The number of halogens is 1. The molecule has 2 aliphatic heterocycles. The zero-order valence-corrected chi connectivity index (χ0v) is 22.7. The van der Waals surface area contributed by atoms with Crippen molar-refractivity contribution in [3.05, 3.63) is 71.8 Å². The van der Waals surface area contributed by atoms with Crippen molar-refractivity contribution in [3.8, 4) is 0 Å². The number of carbonyl (C=O) groups is 2. The first-order chi connectivity index (χ1) is 18.0. The van der Waals surface area contributed by atoms with E-state index in [1.54, 1.807) is 48.5 Å². The summed E-state index contributed by atoms with van der Waals surface area (Å²) in [7, 11) is 1.00. The van der Waals surface area contributed by atoms with E-state index in [0.717, 1.165) is 30.9 Å². The number of aliphatic hydroxyl groups excluding tert-OH is 1. The van der Waals surface area contributed by atoms with Crippen LogP contribution in [0.2, 0.25) is 0 Å². The van der Waals surface area contributed by atoms with Crippen LogP contribution in [0.4, 0.5) is 4.79 Å². The number of quaternary nitrogens is 1. The zero-order chi connectivity index (χ0) is 26.9. The summed E-state index contributed by atoms with van der Waals surface area (Å²) in [6.07, 6.45) is 3.85. The molecule has 1 N–H and O–H groups in total. The van der Waals surface area contributed by atoms with E-state index in [2.05, 4.69) is 13.8 Å². The van der Waals surface area contributed by atoms with E-state index < -0.39 is 17.7 Å². The highest BCUT2D eigenvalue weighted by molar-refractivity contribution is 6.17. The van der Waals surface area contributed by atoms with Gasteiger partial charge in [-0.05, 0) is 13.3 Å². The van der Waals surface area contributed by atoms with Crippen molar-refractivity contribution in [2.45, 2.75) is 69.7 Å². The third-order valence-corrected chi connectivity index (χ3v) is 8.05. The van der Waals surface area contributed by atoms with Crippen molar-refractivity contribution >= 4 is 23.7 Å². The van der Waals surface area contributed by atoms with Crippen molar-refractivity contribution in [1.29, 1.82) is 0 Å². The molecule has 37 heavy (non-hydrogen) atoms. The molecule has 8 heteroatoms. The maximum absolute atomic E-state index is 14.1. The minimum atomic E-state index is -1.81. The first-order valence-electron chi connectivity index (χ1n) is 13.0. The molecule has 2 aromatic rings. The molecule has 0 aliphatic carbocycles. The van der Waals surface area contributed by atoms with Gasteiger partial charge < -0.3 is 23.8 Å². The lowest BCUT2D eigenvalue weighted by Gasteiger charge is -2.51. The lowest BCUT2D eigenvalue weighted by molar-refractivity contribution is -0.967. The summed E-state index contributed by atoms with van der Waals surface area (Å²) in [6.45, 7) is 6.91. The SMILES string of the molecule is CCC1CC(OC(=O)C(OC(=O)OCCl)(c2ccccc2)c2ccccc2)CC(C)[N+]12CCCC2.CO. The van der Waals surface area contributed by atoms with Crippen molar-refractivity contribution in [2.24, 2.45) is 0 Å². The van der Waals surface area contributed by atoms with Gasteiger partial charge in [-0.3, -0.25) is 0 Å². The molecule has 0 bridgehead atoms. The number of hydrogen-bond acceptors (Lipinski definition) is 6. The highest BCUT2D eigenvalue weighted by Crippen LogP contribution is 2.41. The number of benzene rings is 2. The summed E-state index contributed by atoms with van der Waals surface area (Å²) in [5.74, 6) is -0.622. The molecule has 202 valence electrons. The van der Waals surface area contributed by atoms with Gasteiger partial charge in [0, 0.05) is 43.9 Å². The molecular weight excluding hydrogens is 494 g/mol. The molecule has 3 unspecified atom stereocenters. The smallest absolute Gasteiger partial charge is 0.458 e. The largest absolute Gasteiger partial charge is 0.511 e. The second kappa shape index (κ2) is 13.3. The first kappa shape index (κ1) is 29.0. The van der Waals surface area contributed by atoms with Gasteiger partial charge in [-0.2, -0.15) is 0 Å². The number of hydrogen-bond donors (Lipinski definition) is 1. The fraction of sp³-hybridized carbons (Fsp3) is 0.517. The second-order valence-electron chi connectivity index (χ2n) is 9.69. The third kappa shape index (κ3) is 5.95. The molecule has 1 spiro atoms. The molecule has 3 atom stereocenters. The van der Waals surface area contributed by atoms with Crippen molar-refractivity contribution in [2.75, 3.05) is 26.3 Å². The Balaban J connectivity index is 0.00000186. The van der Waals surface area contributed by atoms with Crippen LogP contribution >= 0.6 is 11.6 Å². The van der Waals surface area contributed by atoms with Gasteiger partial charge in [-0.25, -0.2) is 9.59 Å². The number of esters is 1. The number of rotatable bonds is 7. The molecule has 0 saturated carbocycles. The van der Waals surface area contributed by atoms with Crippen LogP contribution in [0.3, 0.4) is 0 Å². The molecule has 0 radical (unpaired) electrons. The summed E-state index contributed by atoms with van der Waals surface area (Å²) >= 11 is 5.62. The molecule has 4 rings (SSSR count). The van der Waals surface area contributed by atoms with Crippen molar-refractivity contribution in [1.82, 2.24) is 0 Å². The molecule has 2 saturated heterocycles. The van der Waals surface area contributed by atoms with Gasteiger partial charge in [0.05, 0.1) is 25.2 Å². The van der Waals surface area contributed by atoms with E-state index in [1.807, 2.05) is 12.1 Å². The van der Waals surface area contributed by atoms with E-state index in [-0.39, 0.29) is 12.2 Å². The highest BCUT2D eigenvalue weighted by atomic mass is 35.5. The monoisotopic (exact) mass is 532 g/mol. The Labute approximate surface area is 224 Å². The fourth-order valence-corrected chi connectivity index (χ4v) is 6.35. The van der Waals surface area contributed by atoms with Gasteiger partial charge in [0.1, 0.15) is 6.10 Å². The first-order valence-corrected chi connectivity index (χ1v) is 13.5. The van der Waals surface area contributed by atoms with Gasteiger partial charge >= 0.3 is 12.1 Å². The van der Waals surface area contributed by atoms with E-state index in [9.17, 15) is 9.59 Å². The lowest BCUT2D eigenvalue weighted by Crippen LogP contribution is -2.63. The summed E-state index contributed by atoms with van der Waals surface area (Å²) in [5, 5.41) is 7.00. The second-order valence-corrected chi connectivity index (χ2v) is 9.90. The predicted octanol–water partition coefficient (Wildman–Crippen LogP) is 5.37. The molecule has 7 nitrogen and oxygen atoms in total. The number of alkyl halides is 1. The van der Waals surface area contributed by atoms with Gasteiger partial charge in [0.15, 0.2) is 6.07 Å².